The lowest BCUT2D eigenvalue weighted by molar-refractivity contribution is 0.0954. The summed E-state index contributed by atoms with van der Waals surface area (Å²) in [6.45, 7) is 2.63. The molecule has 0 aliphatic heterocycles. The molecule has 1 amide bonds. The van der Waals surface area contributed by atoms with Crippen LogP contribution < -0.4 is 5.32 Å². The van der Waals surface area contributed by atoms with E-state index in [4.69, 9.17) is 11.6 Å². The molecule has 0 radical (unpaired) electrons. The van der Waals surface area contributed by atoms with Gasteiger partial charge in [0, 0.05) is 17.5 Å². The van der Waals surface area contributed by atoms with Crippen molar-refractivity contribution < 1.29 is 4.79 Å². The molecule has 0 aromatic heterocycles. The zero-order valence-corrected chi connectivity index (χ0v) is 11.8. The number of alkyl halides is 1. The Hall–Kier alpha value is -1.54. The van der Waals surface area contributed by atoms with E-state index in [1.54, 1.807) is 0 Å². The third kappa shape index (κ3) is 3.71. The number of rotatable bonds is 5. The number of nitrogens with one attached hydrogen (secondary N) is 1. The Morgan fingerprint density at radius 3 is 2.74 bits per heavy atom. The molecule has 19 heavy (non-hydrogen) atoms. The number of benzene rings is 2. The minimum atomic E-state index is -0.0148. The lowest BCUT2D eigenvalue weighted by Gasteiger charge is -2.08. The van der Waals surface area contributed by atoms with Crippen LogP contribution in [0.2, 0.25) is 0 Å². The van der Waals surface area contributed by atoms with E-state index in [9.17, 15) is 4.79 Å². The number of carbonyl (C=O) groups is 1. The number of halogens is 1. The average Bonchev–Trinajstić information content (AvgIpc) is 2.42. The van der Waals surface area contributed by atoms with Crippen molar-refractivity contribution >= 4 is 28.3 Å². The maximum absolute atomic E-state index is 12.2. The van der Waals surface area contributed by atoms with Crippen LogP contribution in [0.4, 0.5) is 0 Å². The van der Waals surface area contributed by atoms with Gasteiger partial charge in [0.1, 0.15) is 0 Å². The van der Waals surface area contributed by atoms with Crippen LogP contribution in [0.25, 0.3) is 10.8 Å². The fourth-order valence-electron chi connectivity index (χ4n) is 2.10. The summed E-state index contributed by atoms with van der Waals surface area (Å²) < 4.78 is 0. The summed E-state index contributed by atoms with van der Waals surface area (Å²) in [5, 5.41) is 5.19. The third-order valence-corrected chi connectivity index (χ3v) is 3.32. The molecule has 0 saturated carbocycles. The second-order valence-corrected chi connectivity index (χ2v) is 5.45. The first-order valence-corrected chi connectivity index (χ1v) is 7.02. The van der Waals surface area contributed by atoms with Crippen LogP contribution in [-0.2, 0) is 0 Å². The number of amides is 1. The van der Waals surface area contributed by atoms with Crippen molar-refractivity contribution in [2.75, 3.05) is 6.54 Å². The number of carbonyl (C=O) groups excluding carboxylic acids is 1. The van der Waals surface area contributed by atoms with Gasteiger partial charge in [-0.15, -0.1) is 11.6 Å². The normalized spacial score (nSPS) is 12.3. The summed E-state index contributed by atoms with van der Waals surface area (Å²) in [6.07, 6.45) is 1.82. The van der Waals surface area contributed by atoms with Crippen LogP contribution >= 0.6 is 11.6 Å². The van der Waals surface area contributed by atoms with E-state index in [2.05, 4.69) is 5.32 Å². The van der Waals surface area contributed by atoms with Gasteiger partial charge < -0.3 is 5.32 Å². The summed E-state index contributed by atoms with van der Waals surface area (Å²) in [6, 6.07) is 13.7. The Labute approximate surface area is 118 Å². The largest absolute Gasteiger partial charge is 0.352 e. The van der Waals surface area contributed by atoms with E-state index >= 15 is 0 Å². The molecule has 0 saturated heterocycles. The molecule has 2 aromatic rings. The van der Waals surface area contributed by atoms with Crippen LogP contribution in [0.5, 0.6) is 0 Å². The summed E-state index contributed by atoms with van der Waals surface area (Å²) in [4.78, 5) is 12.2. The van der Waals surface area contributed by atoms with Gasteiger partial charge in [-0.25, -0.2) is 0 Å². The van der Waals surface area contributed by atoms with Crippen LogP contribution in [0.3, 0.4) is 0 Å². The highest BCUT2D eigenvalue weighted by Gasteiger charge is 2.08. The van der Waals surface area contributed by atoms with Crippen molar-refractivity contribution in [1.82, 2.24) is 5.32 Å². The Kier molecular flexibility index (Phi) is 4.80. The van der Waals surface area contributed by atoms with Gasteiger partial charge in [0.15, 0.2) is 0 Å². The van der Waals surface area contributed by atoms with Gasteiger partial charge in [0.2, 0.25) is 0 Å². The van der Waals surface area contributed by atoms with Gasteiger partial charge in [-0.2, -0.15) is 0 Å². The molecular formula is C16H18ClNO. The van der Waals surface area contributed by atoms with Gasteiger partial charge in [0.25, 0.3) is 5.91 Å². The highest BCUT2D eigenvalue weighted by atomic mass is 35.5. The molecule has 1 atom stereocenters. The molecule has 0 spiro atoms. The van der Waals surface area contributed by atoms with Crippen LogP contribution in [0.1, 0.15) is 30.1 Å². The molecule has 1 unspecified atom stereocenters. The molecule has 0 aliphatic rings. The molecule has 2 rings (SSSR count). The third-order valence-electron chi connectivity index (χ3n) is 3.10. The lowest BCUT2D eigenvalue weighted by atomic mass is 10.0. The minimum Gasteiger partial charge on any atom is -0.352 e. The van der Waals surface area contributed by atoms with Gasteiger partial charge in [-0.3, -0.25) is 4.79 Å². The van der Waals surface area contributed by atoms with E-state index in [1.807, 2.05) is 49.4 Å². The molecule has 0 fully saturated rings. The van der Waals surface area contributed by atoms with Gasteiger partial charge in [-0.1, -0.05) is 36.4 Å². The Bertz CT molecular complexity index is 560. The molecule has 100 valence electrons. The van der Waals surface area contributed by atoms with E-state index in [0.29, 0.717) is 6.54 Å². The van der Waals surface area contributed by atoms with Crippen molar-refractivity contribution in [1.29, 1.82) is 0 Å². The summed E-state index contributed by atoms with van der Waals surface area (Å²) in [5.74, 6) is -0.0148. The van der Waals surface area contributed by atoms with Crippen LogP contribution in [0, 0.1) is 0 Å². The van der Waals surface area contributed by atoms with Crippen LogP contribution in [-0.4, -0.2) is 17.8 Å². The summed E-state index contributed by atoms with van der Waals surface area (Å²) >= 11 is 5.88. The first-order chi connectivity index (χ1) is 9.18. The van der Waals surface area contributed by atoms with E-state index in [1.165, 1.54) is 0 Å². The second kappa shape index (κ2) is 6.58. The smallest absolute Gasteiger partial charge is 0.251 e. The quantitative estimate of drug-likeness (QED) is 0.649. The fourth-order valence-corrected chi connectivity index (χ4v) is 2.26. The molecule has 0 aliphatic carbocycles. The zero-order valence-electron chi connectivity index (χ0n) is 11.0. The van der Waals surface area contributed by atoms with E-state index < -0.39 is 0 Å². The maximum atomic E-state index is 12.2. The van der Waals surface area contributed by atoms with Crippen molar-refractivity contribution in [2.24, 2.45) is 0 Å². The van der Waals surface area contributed by atoms with Crippen molar-refractivity contribution in [3.8, 4) is 0 Å². The topological polar surface area (TPSA) is 29.1 Å². The predicted octanol–water partition coefficient (Wildman–Crippen LogP) is 3.98. The highest BCUT2D eigenvalue weighted by Crippen LogP contribution is 2.18. The minimum absolute atomic E-state index is 0.0148. The van der Waals surface area contributed by atoms with E-state index in [0.717, 1.165) is 29.2 Å². The summed E-state index contributed by atoms with van der Waals surface area (Å²) in [7, 11) is 0. The predicted molar refractivity (Wildman–Crippen MR) is 80.8 cm³/mol. The van der Waals surface area contributed by atoms with Crippen molar-refractivity contribution in [3.05, 3.63) is 48.0 Å². The monoisotopic (exact) mass is 275 g/mol. The second-order valence-electron chi connectivity index (χ2n) is 4.71. The first-order valence-electron chi connectivity index (χ1n) is 6.58. The number of fused-ring (bicyclic) bond motifs is 1. The molecule has 0 bridgehead atoms. The molecule has 0 heterocycles. The first kappa shape index (κ1) is 13.9. The van der Waals surface area contributed by atoms with Gasteiger partial charge in [-0.05, 0) is 36.6 Å². The average molecular weight is 276 g/mol. The Morgan fingerprint density at radius 2 is 1.95 bits per heavy atom. The number of hydrogen-bond acceptors (Lipinski definition) is 1. The standard InChI is InChI=1S/C16H18ClNO/c1-12(17)6-5-11-18-16(19)15-10-4-8-13-7-2-3-9-14(13)15/h2-4,7-10,12H,5-6,11H2,1H3,(H,18,19). The van der Waals surface area contributed by atoms with Gasteiger partial charge in [0.05, 0.1) is 0 Å². The Balaban J connectivity index is 2.05. The van der Waals surface area contributed by atoms with Gasteiger partial charge >= 0.3 is 0 Å². The highest BCUT2D eigenvalue weighted by molar-refractivity contribution is 6.20. The molecular weight excluding hydrogens is 258 g/mol. The van der Waals surface area contributed by atoms with Crippen LogP contribution in [0.15, 0.2) is 42.5 Å². The van der Waals surface area contributed by atoms with Crippen molar-refractivity contribution in [2.45, 2.75) is 25.1 Å². The molecule has 1 N–H and O–H groups in total. The Morgan fingerprint density at radius 1 is 1.21 bits per heavy atom. The van der Waals surface area contributed by atoms with E-state index in [-0.39, 0.29) is 11.3 Å². The fraction of sp³-hybridized carbons (Fsp3) is 0.312. The molecule has 2 nitrogen and oxygen atoms in total. The number of hydrogen-bond donors (Lipinski definition) is 1. The summed E-state index contributed by atoms with van der Waals surface area (Å²) in [5.41, 5.74) is 0.733. The SMILES string of the molecule is CC(Cl)CCCNC(=O)c1cccc2ccccc12. The zero-order chi connectivity index (χ0) is 13.7. The molecule has 2 aromatic carbocycles. The maximum Gasteiger partial charge on any atom is 0.251 e. The van der Waals surface area contributed by atoms with Crippen molar-refractivity contribution in [3.63, 3.8) is 0 Å². The lowest BCUT2D eigenvalue weighted by Crippen LogP contribution is -2.25. The molecule has 3 heteroatoms.